The van der Waals surface area contributed by atoms with E-state index in [0.29, 0.717) is 37.6 Å². The lowest BCUT2D eigenvalue weighted by Gasteiger charge is -2.36. The second-order valence-electron chi connectivity index (χ2n) is 7.06. The molecular formula is C21H24N4O4. The van der Waals surface area contributed by atoms with Crippen molar-refractivity contribution >= 4 is 22.7 Å². The number of aryl methyl sites for hydroxylation is 1. The van der Waals surface area contributed by atoms with Gasteiger partial charge in [-0.3, -0.25) is 14.2 Å². The number of hydrogen-bond acceptors (Lipinski definition) is 6. The molecule has 1 amide bonds. The number of methoxy groups -OCH3 is 1. The van der Waals surface area contributed by atoms with E-state index in [0.717, 1.165) is 18.8 Å². The number of amides is 1. The third-order valence-electron chi connectivity index (χ3n) is 5.29. The van der Waals surface area contributed by atoms with Gasteiger partial charge in [-0.15, -0.1) is 0 Å². The molecule has 4 rings (SSSR count). The van der Waals surface area contributed by atoms with Crippen LogP contribution in [0.15, 0.2) is 45.9 Å². The Kier molecular flexibility index (Phi) is 5.35. The molecule has 1 saturated heterocycles. The van der Waals surface area contributed by atoms with Crippen molar-refractivity contribution in [3.8, 4) is 0 Å². The zero-order valence-corrected chi connectivity index (χ0v) is 16.6. The molecular weight excluding hydrogens is 372 g/mol. The number of ether oxygens (including phenoxy) is 1. The molecule has 0 spiro atoms. The number of furan rings is 1. The maximum atomic E-state index is 13.3. The van der Waals surface area contributed by atoms with Gasteiger partial charge in [-0.25, -0.2) is 4.98 Å². The van der Waals surface area contributed by atoms with Crippen LogP contribution in [0, 0.1) is 6.92 Å². The molecule has 0 unspecified atom stereocenters. The van der Waals surface area contributed by atoms with E-state index >= 15 is 0 Å². The highest BCUT2D eigenvalue weighted by molar-refractivity contribution is 6.06. The summed E-state index contributed by atoms with van der Waals surface area (Å²) in [5.41, 5.74) is 1.38. The van der Waals surface area contributed by atoms with Gasteiger partial charge < -0.3 is 19.0 Å². The Balaban J connectivity index is 1.59. The third kappa shape index (κ3) is 3.63. The van der Waals surface area contributed by atoms with Crippen molar-refractivity contribution in [1.29, 1.82) is 0 Å². The van der Waals surface area contributed by atoms with Gasteiger partial charge in [-0.2, -0.15) is 0 Å². The van der Waals surface area contributed by atoms with Gasteiger partial charge >= 0.3 is 0 Å². The minimum Gasteiger partial charge on any atom is -0.442 e. The van der Waals surface area contributed by atoms with Crippen LogP contribution in [0.4, 0.5) is 5.69 Å². The molecule has 2 aromatic heterocycles. The van der Waals surface area contributed by atoms with Crippen LogP contribution in [0.1, 0.15) is 16.1 Å². The fraction of sp³-hybridized carbons (Fsp3) is 0.381. The van der Waals surface area contributed by atoms with Crippen LogP contribution in [-0.4, -0.2) is 60.3 Å². The summed E-state index contributed by atoms with van der Waals surface area (Å²) >= 11 is 0. The Labute approximate surface area is 168 Å². The molecule has 3 aromatic rings. The van der Waals surface area contributed by atoms with Crippen LogP contribution in [0.3, 0.4) is 0 Å². The summed E-state index contributed by atoms with van der Waals surface area (Å²) in [6.07, 6.45) is 1.43. The molecule has 152 valence electrons. The van der Waals surface area contributed by atoms with Crippen molar-refractivity contribution in [2.24, 2.45) is 0 Å². The summed E-state index contributed by atoms with van der Waals surface area (Å²) in [6.45, 7) is 5.09. The average molecular weight is 396 g/mol. The number of anilines is 1. The molecule has 0 saturated carbocycles. The second-order valence-corrected chi connectivity index (χ2v) is 7.06. The summed E-state index contributed by atoms with van der Waals surface area (Å²) in [6, 6.07) is 10.1. The van der Waals surface area contributed by atoms with Crippen LogP contribution >= 0.6 is 0 Å². The van der Waals surface area contributed by atoms with Crippen molar-refractivity contribution in [3.63, 3.8) is 0 Å². The lowest BCUT2D eigenvalue weighted by Crippen LogP contribution is -2.49. The molecule has 0 bridgehead atoms. The molecule has 8 nitrogen and oxygen atoms in total. The number of aromatic nitrogens is 2. The van der Waals surface area contributed by atoms with E-state index < -0.39 is 0 Å². The van der Waals surface area contributed by atoms with E-state index in [1.165, 1.54) is 10.9 Å². The molecule has 1 fully saturated rings. The Morgan fingerprint density at radius 3 is 2.59 bits per heavy atom. The maximum absolute atomic E-state index is 13.3. The first-order chi connectivity index (χ1) is 14.1. The van der Waals surface area contributed by atoms with Crippen LogP contribution in [0.25, 0.3) is 11.1 Å². The molecule has 3 heterocycles. The molecule has 0 atom stereocenters. The number of carbonyl (C=O) groups is 1. The molecule has 8 heteroatoms. The predicted molar refractivity (Wildman–Crippen MR) is 109 cm³/mol. The van der Waals surface area contributed by atoms with Gasteiger partial charge in [0.1, 0.15) is 17.5 Å². The van der Waals surface area contributed by atoms with Crippen molar-refractivity contribution < 1.29 is 13.9 Å². The van der Waals surface area contributed by atoms with Crippen LogP contribution in [-0.2, 0) is 11.3 Å². The minimum atomic E-state index is -0.282. The number of benzene rings is 1. The summed E-state index contributed by atoms with van der Waals surface area (Å²) < 4.78 is 12.1. The normalized spacial score (nSPS) is 14.6. The second kappa shape index (κ2) is 8.08. The summed E-state index contributed by atoms with van der Waals surface area (Å²) in [5, 5.41) is 0.247. The predicted octanol–water partition coefficient (Wildman–Crippen LogP) is 1.91. The fourth-order valence-corrected chi connectivity index (χ4v) is 3.71. The quantitative estimate of drug-likeness (QED) is 0.655. The topological polar surface area (TPSA) is 80.8 Å². The maximum Gasteiger partial charge on any atom is 0.265 e. The Bertz CT molecular complexity index is 1070. The minimum absolute atomic E-state index is 0.183. The number of rotatable bonds is 5. The van der Waals surface area contributed by atoms with E-state index in [9.17, 15) is 9.59 Å². The van der Waals surface area contributed by atoms with Crippen molar-refractivity contribution in [2.75, 3.05) is 44.8 Å². The van der Waals surface area contributed by atoms with Crippen LogP contribution in [0.2, 0.25) is 0 Å². The van der Waals surface area contributed by atoms with E-state index in [1.54, 1.807) is 18.9 Å². The molecule has 1 aliphatic heterocycles. The molecule has 29 heavy (non-hydrogen) atoms. The van der Waals surface area contributed by atoms with Gasteiger partial charge in [-0.05, 0) is 19.1 Å². The Morgan fingerprint density at radius 2 is 1.90 bits per heavy atom. The van der Waals surface area contributed by atoms with Crippen LogP contribution in [0.5, 0.6) is 0 Å². The molecule has 0 aliphatic carbocycles. The fourth-order valence-electron chi connectivity index (χ4n) is 3.71. The summed E-state index contributed by atoms with van der Waals surface area (Å²) in [5.74, 6) is 0.238. The standard InChI is InChI=1S/C21H24N4O4/c1-15-17(18-19(29-15)22-14-25(21(18)27)12-13-28-2)20(26)24-10-8-23(9-11-24)16-6-4-3-5-7-16/h3-7,14H,8-13H2,1-2H3. The van der Waals surface area contributed by atoms with Gasteiger partial charge in [0.25, 0.3) is 11.5 Å². The zero-order chi connectivity index (χ0) is 20.4. The van der Waals surface area contributed by atoms with E-state index in [2.05, 4.69) is 22.0 Å². The number of piperazine rings is 1. The van der Waals surface area contributed by atoms with E-state index in [1.807, 2.05) is 18.2 Å². The first-order valence-corrected chi connectivity index (χ1v) is 9.67. The first kappa shape index (κ1) is 19.2. The molecule has 1 aromatic carbocycles. The number of para-hydroxylation sites is 1. The number of fused-ring (bicyclic) bond motifs is 1. The van der Waals surface area contributed by atoms with Gasteiger partial charge in [0, 0.05) is 39.0 Å². The number of nitrogens with zero attached hydrogens (tertiary/aromatic N) is 4. The molecule has 1 aliphatic rings. The van der Waals surface area contributed by atoms with Gasteiger partial charge in [0.15, 0.2) is 0 Å². The SMILES string of the molecule is COCCn1cnc2oc(C)c(C(=O)N3CCN(c4ccccc4)CC3)c2c1=O. The lowest BCUT2D eigenvalue weighted by molar-refractivity contribution is 0.0746. The van der Waals surface area contributed by atoms with Gasteiger partial charge in [0.2, 0.25) is 5.71 Å². The smallest absolute Gasteiger partial charge is 0.265 e. The first-order valence-electron chi connectivity index (χ1n) is 9.67. The third-order valence-corrected chi connectivity index (χ3v) is 5.29. The van der Waals surface area contributed by atoms with Gasteiger partial charge in [0.05, 0.1) is 18.7 Å². The zero-order valence-electron chi connectivity index (χ0n) is 16.6. The van der Waals surface area contributed by atoms with Crippen molar-refractivity contribution in [1.82, 2.24) is 14.5 Å². The Hall–Kier alpha value is -3.13. The van der Waals surface area contributed by atoms with Crippen molar-refractivity contribution in [3.05, 3.63) is 58.3 Å². The van der Waals surface area contributed by atoms with Gasteiger partial charge in [-0.1, -0.05) is 18.2 Å². The largest absolute Gasteiger partial charge is 0.442 e. The molecule has 0 N–H and O–H groups in total. The highest BCUT2D eigenvalue weighted by Gasteiger charge is 2.29. The summed E-state index contributed by atoms with van der Waals surface area (Å²) in [7, 11) is 1.57. The number of hydrogen-bond donors (Lipinski definition) is 0. The summed E-state index contributed by atoms with van der Waals surface area (Å²) in [4.78, 5) is 34.4. The monoisotopic (exact) mass is 396 g/mol. The van der Waals surface area contributed by atoms with Crippen LogP contribution < -0.4 is 10.5 Å². The van der Waals surface area contributed by atoms with E-state index in [-0.39, 0.29) is 22.6 Å². The lowest BCUT2D eigenvalue weighted by atomic mass is 10.1. The average Bonchev–Trinajstić information content (AvgIpc) is 3.10. The van der Waals surface area contributed by atoms with Crippen molar-refractivity contribution in [2.45, 2.75) is 13.5 Å². The van der Waals surface area contributed by atoms with E-state index in [4.69, 9.17) is 9.15 Å². The Morgan fingerprint density at radius 1 is 1.17 bits per heavy atom. The highest BCUT2D eigenvalue weighted by Crippen LogP contribution is 2.24. The molecule has 0 radical (unpaired) electrons. The number of carbonyl (C=O) groups excluding carboxylic acids is 1. The highest BCUT2D eigenvalue weighted by atomic mass is 16.5.